The van der Waals surface area contributed by atoms with Crippen LogP contribution in [-0.4, -0.2) is 10.5 Å². The lowest BCUT2D eigenvalue weighted by molar-refractivity contribution is 0.378. The van der Waals surface area contributed by atoms with Crippen LogP contribution < -0.4 is 15.8 Å². The van der Waals surface area contributed by atoms with Crippen LogP contribution in [0.25, 0.3) is 0 Å². The second-order valence-corrected chi connectivity index (χ2v) is 5.83. The van der Waals surface area contributed by atoms with Crippen LogP contribution in [-0.2, 0) is 5.54 Å². The highest BCUT2D eigenvalue weighted by atomic mass is 32.2. The monoisotopic (exact) mass is 283 g/mol. The zero-order chi connectivity index (χ0) is 13.6. The van der Waals surface area contributed by atoms with Crippen molar-refractivity contribution in [3.05, 3.63) is 65.3 Å². The summed E-state index contributed by atoms with van der Waals surface area (Å²) in [6, 6.07) is 9.99. The molecule has 0 aliphatic carbocycles. The van der Waals surface area contributed by atoms with Gasteiger partial charge in [0.05, 0.1) is 11.7 Å². The van der Waals surface area contributed by atoms with Crippen LogP contribution in [0, 0.1) is 0 Å². The standard InChI is InChI=1S/C15H13N3OS/c16-14-18-15(6-8-20-14)10-3-1-2-4-12(10)19-13-9-17-7-5-11(13)15/h1-9,14,18H,16H2. The van der Waals surface area contributed by atoms with Crippen LogP contribution in [0.2, 0.25) is 0 Å². The number of ether oxygens (including phenoxy) is 1. The van der Waals surface area contributed by atoms with Gasteiger partial charge in [0, 0.05) is 17.3 Å². The first-order valence-electron chi connectivity index (χ1n) is 6.38. The molecular weight excluding hydrogens is 270 g/mol. The van der Waals surface area contributed by atoms with Crippen molar-refractivity contribution < 1.29 is 4.74 Å². The lowest BCUT2D eigenvalue weighted by atomic mass is 9.80. The van der Waals surface area contributed by atoms with Gasteiger partial charge in [0.25, 0.3) is 0 Å². The maximum absolute atomic E-state index is 6.10. The number of aromatic nitrogens is 1. The van der Waals surface area contributed by atoms with E-state index in [4.69, 9.17) is 10.5 Å². The van der Waals surface area contributed by atoms with Crippen molar-refractivity contribution in [3.63, 3.8) is 0 Å². The number of nitrogens with two attached hydrogens (primary N) is 1. The second-order valence-electron chi connectivity index (χ2n) is 4.78. The Morgan fingerprint density at radius 2 is 2.05 bits per heavy atom. The highest BCUT2D eigenvalue weighted by Gasteiger charge is 2.42. The van der Waals surface area contributed by atoms with Gasteiger partial charge >= 0.3 is 0 Å². The van der Waals surface area contributed by atoms with E-state index in [1.807, 2.05) is 29.7 Å². The molecule has 2 aliphatic rings. The van der Waals surface area contributed by atoms with Crippen molar-refractivity contribution in [2.75, 3.05) is 0 Å². The summed E-state index contributed by atoms with van der Waals surface area (Å²) in [5.74, 6) is 1.60. The zero-order valence-corrected chi connectivity index (χ0v) is 11.4. The molecule has 0 bridgehead atoms. The largest absolute Gasteiger partial charge is 0.455 e. The smallest absolute Gasteiger partial charge is 0.151 e. The van der Waals surface area contributed by atoms with Gasteiger partial charge in [-0.25, -0.2) is 0 Å². The fourth-order valence-corrected chi connectivity index (χ4v) is 3.51. The molecule has 20 heavy (non-hydrogen) atoms. The normalized spacial score (nSPS) is 26.8. The molecule has 0 radical (unpaired) electrons. The number of para-hydroxylation sites is 1. The molecule has 100 valence electrons. The molecular formula is C15H13N3OS. The minimum Gasteiger partial charge on any atom is -0.455 e. The molecule has 1 aromatic heterocycles. The third-order valence-electron chi connectivity index (χ3n) is 3.65. The van der Waals surface area contributed by atoms with Gasteiger partial charge in [-0.05, 0) is 23.6 Å². The first-order valence-corrected chi connectivity index (χ1v) is 7.32. The van der Waals surface area contributed by atoms with Crippen LogP contribution in [0.3, 0.4) is 0 Å². The Balaban J connectivity index is 2.02. The topological polar surface area (TPSA) is 60.2 Å². The SMILES string of the molecule is NC1NC2(C=CS1)c1ccccc1Oc1cnccc12. The quantitative estimate of drug-likeness (QED) is 0.778. The summed E-state index contributed by atoms with van der Waals surface area (Å²) < 4.78 is 5.96. The van der Waals surface area contributed by atoms with Gasteiger partial charge in [0.2, 0.25) is 0 Å². The van der Waals surface area contributed by atoms with Crippen LogP contribution in [0.15, 0.2) is 54.2 Å². The summed E-state index contributed by atoms with van der Waals surface area (Å²) in [6.07, 6.45) is 5.66. The summed E-state index contributed by atoms with van der Waals surface area (Å²) in [6.45, 7) is 0. The van der Waals surface area contributed by atoms with E-state index in [1.165, 1.54) is 0 Å². The molecule has 3 N–H and O–H groups in total. The number of hydrogen-bond donors (Lipinski definition) is 2. The number of pyridine rings is 1. The molecule has 0 saturated heterocycles. The van der Waals surface area contributed by atoms with Gasteiger partial charge in [-0.15, -0.1) is 0 Å². The van der Waals surface area contributed by atoms with E-state index < -0.39 is 5.54 Å². The number of nitrogens with zero attached hydrogens (tertiary/aromatic N) is 1. The molecule has 1 spiro atoms. The van der Waals surface area contributed by atoms with Crippen molar-refractivity contribution in [2.45, 2.75) is 11.0 Å². The number of hydrogen-bond acceptors (Lipinski definition) is 5. The molecule has 0 fully saturated rings. The van der Waals surface area contributed by atoms with Crippen molar-refractivity contribution in [2.24, 2.45) is 5.73 Å². The zero-order valence-electron chi connectivity index (χ0n) is 10.6. The Hall–Kier alpha value is -1.82. The number of thioether (sulfide) groups is 1. The van der Waals surface area contributed by atoms with E-state index >= 15 is 0 Å². The predicted octanol–water partition coefficient (Wildman–Crippen LogP) is 2.52. The summed E-state index contributed by atoms with van der Waals surface area (Å²) in [5.41, 5.74) is 7.61. The Kier molecular flexibility index (Phi) is 2.60. The third-order valence-corrected chi connectivity index (χ3v) is 4.36. The van der Waals surface area contributed by atoms with Gasteiger partial charge in [0.15, 0.2) is 5.75 Å². The number of benzene rings is 1. The van der Waals surface area contributed by atoms with Gasteiger partial charge < -0.3 is 10.5 Å². The van der Waals surface area contributed by atoms with Crippen molar-refractivity contribution >= 4 is 11.8 Å². The maximum Gasteiger partial charge on any atom is 0.151 e. The summed E-state index contributed by atoms with van der Waals surface area (Å²) in [7, 11) is 0. The predicted molar refractivity (Wildman–Crippen MR) is 79.4 cm³/mol. The second kappa shape index (κ2) is 4.34. The first-order chi connectivity index (χ1) is 9.79. The van der Waals surface area contributed by atoms with E-state index in [1.54, 1.807) is 24.2 Å². The molecule has 5 heteroatoms. The van der Waals surface area contributed by atoms with Crippen LogP contribution >= 0.6 is 11.8 Å². The molecule has 4 nitrogen and oxygen atoms in total. The lowest BCUT2D eigenvalue weighted by Gasteiger charge is -2.41. The fourth-order valence-electron chi connectivity index (χ4n) is 2.80. The molecule has 2 unspecified atom stereocenters. The number of fused-ring (bicyclic) bond motifs is 4. The molecule has 0 saturated carbocycles. The van der Waals surface area contributed by atoms with E-state index in [0.717, 1.165) is 22.6 Å². The minimum absolute atomic E-state index is 0.160. The van der Waals surface area contributed by atoms with Crippen LogP contribution in [0.5, 0.6) is 11.5 Å². The first kappa shape index (κ1) is 12.0. The molecule has 3 heterocycles. The average molecular weight is 283 g/mol. The van der Waals surface area contributed by atoms with Crippen molar-refractivity contribution in [1.29, 1.82) is 0 Å². The van der Waals surface area contributed by atoms with Gasteiger partial charge in [-0.1, -0.05) is 30.0 Å². The van der Waals surface area contributed by atoms with Crippen LogP contribution in [0.4, 0.5) is 0 Å². The molecule has 4 rings (SSSR count). The summed E-state index contributed by atoms with van der Waals surface area (Å²) in [4.78, 5) is 4.15. The van der Waals surface area contributed by atoms with E-state index in [0.29, 0.717) is 0 Å². The van der Waals surface area contributed by atoms with Crippen LogP contribution in [0.1, 0.15) is 11.1 Å². The fraction of sp³-hybridized carbons (Fsp3) is 0.133. The summed E-state index contributed by atoms with van der Waals surface area (Å²) in [5, 5.41) is 5.54. The van der Waals surface area contributed by atoms with Gasteiger partial charge in [-0.2, -0.15) is 0 Å². The Labute approximate surface area is 121 Å². The average Bonchev–Trinajstić information content (AvgIpc) is 2.48. The number of nitrogens with one attached hydrogen (secondary N) is 1. The van der Waals surface area contributed by atoms with Gasteiger partial charge in [0.1, 0.15) is 11.2 Å². The highest BCUT2D eigenvalue weighted by Crippen LogP contribution is 2.48. The molecule has 2 aromatic rings. The van der Waals surface area contributed by atoms with E-state index in [9.17, 15) is 0 Å². The molecule has 1 aromatic carbocycles. The summed E-state index contributed by atoms with van der Waals surface area (Å²) >= 11 is 1.56. The maximum atomic E-state index is 6.10. The highest BCUT2D eigenvalue weighted by molar-refractivity contribution is 8.02. The Bertz CT molecular complexity index is 656. The van der Waals surface area contributed by atoms with Crippen molar-refractivity contribution in [1.82, 2.24) is 10.3 Å². The van der Waals surface area contributed by atoms with E-state index in [2.05, 4.69) is 22.4 Å². The van der Waals surface area contributed by atoms with Gasteiger partial charge in [-0.3, -0.25) is 10.3 Å². The molecule has 2 atom stereocenters. The minimum atomic E-state index is -0.447. The Morgan fingerprint density at radius 3 is 2.95 bits per heavy atom. The Morgan fingerprint density at radius 1 is 1.20 bits per heavy atom. The third kappa shape index (κ3) is 1.61. The van der Waals surface area contributed by atoms with Crippen molar-refractivity contribution in [3.8, 4) is 11.5 Å². The molecule has 2 aliphatic heterocycles. The molecule has 0 amide bonds. The number of rotatable bonds is 0. The van der Waals surface area contributed by atoms with E-state index in [-0.39, 0.29) is 5.50 Å². The lowest BCUT2D eigenvalue weighted by Crippen LogP contribution is -2.52.